The quantitative estimate of drug-likeness (QED) is 0.355. The molecule has 0 radical (unpaired) electrons. The topological polar surface area (TPSA) is 0 Å². The number of benzene rings is 3. The lowest BCUT2D eigenvalue weighted by molar-refractivity contribution is 0.660. The van der Waals surface area contributed by atoms with Crippen molar-refractivity contribution in [3.8, 4) is 11.1 Å². The molecule has 0 amide bonds. The van der Waals surface area contributed by atoms with Gasteiger partial charge in [0.05, 0.1) is 0 Å². The summed E-state index contributed by atoms with van der Waals surface area (Å²) in [5.74, 6) is 0. The van der Waals surface area contributed by atoms with Gasteiger partial charge in [-0.2, -0.15) is 0 Å². The van der Waals surface area contributed by atoms with Crippen molar-refractivity contribution >= 4 is 11.1 Å². The van der Waals surface area contributed by atoms with Crippen molar-refractivity contribution in [3.63, 3.8) is 0 Å². The van der Waals surface area contributed by atoms with Crippen LogP contribution in [0.5, 0.6) is 0 Å². The molecular weight excluding hydrogens is 420 g/mol. The van der Waals surface area contributed by atoms with Gasteiger partial charge in [0.15, 0.2) is 0 Å². The first-order chi connectivity index (χ1) is 17.0. The summed E-state index contributed by atoms with van der Waals surface area (Å²) in [5.41, 5.74) is 11.0. The van der Waals surface area contributed by atoms with Gasteiger partial charge in [0, 0.05) is 5.41 Å². The predicted molar refractivity (Wildman–Crippen MR) is 152 cm³/mol. The van der Waals surface area contributed by atoms with E-state index in [0.717, 1.165) is 12.8 Å². The van der Waals surface area contributed by atoms with Crippen LogP contribution in [0, 0.1) is 0 Å². The van der Waals surface area contributed by atoms with E-state index in [1.807, 2.05) is 0 Å². The molecule has 174 valence electrons. The number of fused-ring (bicyclic) bond motifs is 4. The molecule has 0 nitrogen and oxygen atoms in total. The maximum atomic E-state index is 2.46. The monoisotopic (exact) mass is 454 g/mol. The Kier molecular flexibility index (Phi) is 6.31. The second kappa shape index (κ2) is 9.55. The van der Waals surface area contributed by atoms with Crippen LogP contribution in [0.3, 0.4) is 0 Å². The standard InChI is InChI=1S/C35H34/c1-5-6-15-25(2)27-16-9-7-8-10-17-28(30-19-12-11-18-29(27)30)26-22-23-32-31-20-13-14-21-33(31)35(3,4)34(32)24-26/h5-15,18-24H,16-17H2,1-4H3/b6-5-,9-7-,10-8-,25-15+,29-27+,30-28+. The van der Waals surface area contributed by atoms with Crippen LogP contribution < -0.4 is 10.4 Å². The molecule has 0 bridgehead atoms. The second-order valence-corrected chi connectivity index (χ2v) is 10.1. The summed E-state index contributed by atoms with van der Waals surface area (Å²) in [6.07, 6.45) is 17.2. The number of rotatable bonds is 3. The van der Waals surface area contributed by atoms with E-state index in [1.165, 1.54) is 55.0 Å². The third-order valence-corrected chi connectivity index (χ3v) is 7.55. The molecule has 3 aromatic carbocycles. The molecule has 0 spiro atoms. The van der Waals surface area contributed by atoms with Crippen LogP contribution in [0.1, 0.15) is 57.2 Å². The molecule has 3 aromatic rings. The van der Waals surface area contributed by atoms with E-state index in [-0.39, 0.29) is 5.41 Å². The molecule has 0 saturated heterocycles. The summed E-state index contributed by atoms with van der Waals surface area (Å²) < 4.78 is 0. The third kappa shape index (κ3) is 4.19. The molecule has 35 heavy (non-hydrogen) atoms. The SMILES string of the molecule is C\C=C/C=C(C)/C1=c2\cccc\c2=C(/c2ccc3c(c2)C(C)(C)c2ccccc2-3)C/C=C\C=C/C1. The predicted octanol–water partition coefficient (Wildman–Crippen LogP) is 7.77. The minimum atomic E-state index is -0.000320. The average molecular weight is 455 g/mol. The van der Waals surface area contributed by atoms with E-state index in [9.17, 15) is 0 Å². The van der Waals surface area contributed by atoms with E-state index >= 15 is 0 Å². The minimum absolute atomic E-state index is 0.000320. The summed E-state index contributed by atoms with van der Waals surface area (Å²) in [4.78, 5) is 0. The van der Waals surface area contributed by atoms with Crippen LogP contribution in [0.2, 0.25) is 0 Å². The van der Waals surface area contributed by atoms with Gasteiger partial charge in [-0.25, -0.2) is 0 Å². The number of hydrogen-bond acceptors (Lipinski definition) is 0. The second-order valence-electron chi connectivity index (χ2n) is 10.1. The Hall–Kier alpha value is -3.64. The van der Waals surface area contributed by atoms with Crippen molar-refractivity contribution < 1.29 is 0 Å². The highest BCUT2D eigenvalue weighted by atomic mass is 14.4. The Morgan fingerprint density at radius 2 is 1.46 bits per heavy atom. The Morgan fingerprint density at radius 3 is 2.26 bits per heavy atom. The van der Waals surface area contributed by atoms with E-state index < -0.39 is 0 Å². The average Bonchev–Trinajstić information content (AvgIpc) is 3.11. The van der Waals surface area contributed by atoms with E-state index in [4.69, 9.17) is 0 Å². The van der Waals surface area contributed by atoms with Crippen molar-refractivity contribution in [1.82, 2.24) is 0 Å². The summed E-state index contributed by atoms with van der Waals surface area (Å²) in [6.45, 7) is 9.02. The van der Waals surface area contributed by atoms with Gasteiger partial charge in [-0.3, -0.25) is 0 Å². The smallest absolute Gasteiger partial charge is 0.0159 e. The summed E-state index contributed by atoms with van der Waals surface area (Å²) in [5, 5.41) is 2.67. The highest BCUT2D eigenvalue weighted by molar-refractivity contribution is 5.83. The summed E-state index contributed by atoms with van der Waals surface area (Å²) >= 11 is 0. The van der Waals surface area contributed by atoms with Crippen molar-refractivity contribution in [2.75, 3.05) is 0 Å². The van der Waals surface area contributed by atoms with Crippen molar-refractivity contribution in [2.24, 2.45) is 0 Å². The zero-order valence-corrected chi connectivity index (χ0v) is 21.3. The molecule has 0 saturated carbocycles. The van der Waals surface area contributed by atoms with Gasteiger partial charge in [0.25, 0.3) is 0 Å². The minimum Gasteiger partial charge on any atom is -0.0877 e. The van der Waals surface area contributed by atoms with Crippen LogP contribution in [-0.2, 0) is 5.41 Å². The molecule has 0 N–H and O–H groups in total. The van der Waals surface area contributed by atoms with Gasteiger partial charge in [-0.1, -0.05) is 117 Å². The van der Waals surface area contributed by atoms with Gasteiger partial charge >= 0.3 is 0 Å². The fourth-order valence-corrected chi connectivity index (χ4v) is 5.64. The van der Waals surface area contributed by atoms with Gasteiger partial charge in [-0.15, -0.1) is 0 Å². The van der Waals surface area contributed by atoms with Crippen LogP contribution in [0.4, 0.5) is 0 Å². The lowest BCUT2D eigenvalue weighted by atomic mass is 9.81. The van der Waals surface area contributed by atoms with Crippen molar-refractivity contribution in [3.05, 3.63) is 142 Å². The van der Waals surface area contributed by atoms with Crippen LogP contribution in [0.25, 0.3) is 22.3 Å². The fourth-order valence-electron chi connectivity index (χ4n) is 5.64. The van der Waals surface area contributed by atoms with Gasteiger partial charge in [0.2, 0.25) is 0 Å². The Morgan fingerprint density at radius 1 is 0.771 bits per heavy atom. The molecule has 2 aliphatic rings. The van der Waals surface area contributed by atoms with Crippen molar-refractivity contribution in [1.29, 1.82) is 0 Å². The molecular formula is C35H34. The summed E-state index contributed by atoms with van der Waals surface area (Å²) in [7, 11) is 0. The molecule has 0 aliphatic heterocycles. The molecule has 0 atom stereocenters. The van der Waals surface area contributed by atoms with Crippen molar-refractivity contribution in [2.45, 2.75) is 46.0 Å². The van der Waals surface area contributed by atoms with Crippen LogP contribution in [0.15, 0.2) is 115 Å². The Bertz CT molecular complexity index is 1520. The highest BCUT2D eigenvalue weighted by Crippen LogP contribution is 2.49. The molecule has 0 aromatic heterocycles. The zero-order chi connectivity index (χ0) is 24.4. The summed E-state index contributed by atoms with van der Waals surface area (Å²) in [6, 6.07) is 25.0. The fraction of sp³-hybridized carbons (Fsp3) is 0.200. The highest BCUT2D eigenvalue weighted by Gasteiger charge is 2.35. The first kappa shape index (κ1) is 23.1. The lowest BCUT2D eigenvalue weighted by Gasteiger charge is -2.22. The molecule has 0 fully saturated rings. The first-order valence-electron chi connectivity index (χ1n) is 12.7. The van der Waals surface area contributed by atoms with E-state index in [2.05, 4.69) is 137 Å². The molecule has 2 aliphatic carbocycles. The molecule has 0 unspecified atom stereocenters. The third-order valence-electron chi connectivity index (χ3n) is 7.55. The molecule has 5 rings (SSSR count). The van der Waals surface area contributed by atoms with E-state index in [1.54, 1.807) is 0 Å². The van der Waals surface area contributed by atoms with Gasteiger partial charge < -0.3 is 0 Å². The zero-order valence-electron chi connectivity index (χ0n) is 21.3. The Balaban J connectivity index is 1.80. The number of hydrogen-bond donors (Lipinski definition) is 0. The lowest BCUT2D eigenvalue weighted by Crippen LogP contribution is -2.30. The number of allylic oxidation sites excluding steroid dienone is 8. The normalized spacial score (nSPS) is 21.8. The Labute approximate surface area is 210 Å². The maximum Gasteiger partial charge on any atom is 0.0159 e. The molecule has 0 heteroatoms. The maximum absolute atomic E-state index is 2.46. The largest absolute Gasteiger partial charge is 0.0877 e. The van der Waals surface area contributed by atoms with E-state index in [0.29, 0.717) is 0 Å². The van der Waals surface area contributed by atoms with Crippen LogP contribution in [-0.4, -0.2) is 0 Å². The van der Waals surface area contributed by atoms with Gasteiger partial charge in [0.1, 0.15) is 0 Å². The van der Waals surface area contributed by atoms with Crippen LogP contribution >= 0.6 is 0 Å². The molecule has 0 heterocycles. The first-order valence-corrected chi connectivity index (χ1v) is 12.7. The van der Waals surface area contributed by atoms with Gasteiger partial charge in [-0.05, 0) is 87.7 Å².